The second-order valence-electron chi connectivity index (χ2n) is 6.66. The summed E-state index contributed by atoms with van der Waals surface area (Å²) < 4.78 is 0. The van der Waals surface area contributed by atoms with E-state index in [1.165, 1.54) is 0 Å². The molecule has 0 radical (unpaired) electrons. The van der Waals surface area contributed by atoms with E-state index in [0.717, 1.165) is 42.0 Å². The van der Waals surface area contributed by atoms with Crippen LogP contribution in [0.2, 0.25) is 0 Å². The zero-order valence-corrected chi connectivity index (χ0v) is 14.9. The number of benzene rings is 1. The molecule has 0 bridgehead atoms. The zero-order chi connectivity index (χ0) is 16.0. The van der Waals surface area contributed by atoms with Gasteiger partial charge < -0.3 is 4.90 Å². The van der Waals surface area contributed by atoms with Crippen molar-refractivity contribution in [2.75, 3.05) is 13.1 Å². The summed E-state index contributed by atoms with van der Waals surface area (Å²) in [5, 5.41) is 0. The second-order valence-corrected chi connectivity index (χ2v) is 7.17. The molecule has 0 aromatic heterocycles. The lowest BCUT2D eigenvalue weighted by Gasteiger charge is -2.25. The van der Waals surface area contributed by atoms with Gasteiger partial charge in [0.1, 0.15) is 0 Å². The molecule has 1 aromatic carbocycles. The summed E-state index contributed by atoms with van der Waals surface area (Å²) in [6.45, 7) is 12.5. The summed E-state index contributed by atoms with van der Waals surface area (Å²) in [4.78, 5) is 15.7. The fourth-order valence-electron chi connectivity index (χ4n) is 2.15. The molecule has 0 saturated heterocycles. The molecule has 0 aliphatic heterocycles. The predicted octanol–water partition coefficient (Wildman–Crippen LogP) is 4.82. The molecule has 0 spiro atoms. The zero-order valence-electron chi connectivity index (χ0n) is 14.0. The van der Waals surface area contributed by atoms with Crippen LogP contribution in [0.3, 0.4) is 0 Å². The highest BCUT2D eigenvalue weighted by Crippen LogP contribution is 2.18. The Kier molecular flexibility index (Phi) is 7.30. The average molecular weight is 308 g/mol. The smallest absolute Gasteiger partial charge is 0.254 e. The molecule has 0 aliphatic carbocycles. The third-order valence-electron chi connectivity index (χ3n) is 3.69. The Morgan fingerprint density at radius 2 is 1.62 bits per heavy atom. The van der Waals surface area contributed by atoms with Crippen molar-refractivity contribution in [3.8, 4) is 0 Å². The van der Waals surface area contributed by atoms with Gasteiger partial charge in [0, 0.05) is 23.5 Å². The fraction of sp³-hybridized carbons (Fsp3) is 0.611. The van der Waals surface area contributed by atoms with Gasteiger partial charge in [-0.05, 0) is 49.3 Å². The van der Waals surface area contributed by atoms with E-state index < -0.39 is 0 Å². The number of amides is 1. The maximum Gasteiger partial charge on any atom is 0.254 e. The van der Waals surface area contributed by atoms with Crippen molar-refractivity contribution in [1.29, 1.82) is 0 Å². The molecule has 0 fully saturated rings. The first-order chi connectivity index (χ1) is 9.81. The van der Waals surface area contributed by atoms with E-state index >= 15 is 0 Å². The van der Waals surface area contributed by atoms with E-state index in [0.29, 0.717) is 11.8 Å². The number of thiol groups is 1. The third-order valence-corrected chi connectivity index (χ3v) is 3.97. The lowest BCUT2D eigenvalue weighted by Crippen LogP contribution is -2.34. The Hall–Kier alpha value is -0.960. The molecule has 21 heavy (non-hydrogen) atoms. The van der Waals surface area contributed by atoms with Crippen molar-refractivity contribution in [2.24, 2.45) is 11.8 Å². The first kappa shape index (κ1) is 18.1. The summed E-state index contributed by atoms with van der Waals surface area (Å²) in [5.41, 5.74) is 1.81. The van der Waals surface area contributed by atoms with Crippen molar-refractivity contribution in [3.63, 3.8) is 0 Å². The molecule has 2 nitrogen and oxygen atoms in total. The molecule has 0 heterocycles. The fourth-order valence-corrected chi connectivity index (χ4v) is 2.36. The van der Waals surface area contributed by atoms with Gasteiger partial charge in [-0.2, -0.15) is 0 Å². The summed E-state index contributed by atoms with van der Waals surface area (Å²) >= 11 is 4.36. The monoisotopic (exact) mass is 307 g/mol. The van der Waals surface area contributed by atoms with E-state index in [1.54, 1.807) is 0 Å². The van der Waals surface area contributed by atoms with Gasteiger partial charge in [0.15, 0.2) is 0 Å². The van der Waals surface area contributed by atoms with Crippen molar-refractivity contribution >= 4 is 18.5 Å². The number of hydrogen-bond acceptors (Lipinski definition) is 2. The minimum atomic E-state index is 0.143. The van der Waals surface area contributed by atoms with Crippen LogP contribution < -0.4 is 0 Å². The van der Waals surface area contributed by atoms with Gasteiger partial charge in [-0.25, -0.2) is 0 Å². The molecule has 1 rings (SSSR count). The van der Waals surface area contributed by atoms with Crippen molar-refractivity contribution in [2.45, 2.75) is 52.4 Å². The second kappa shape index (κ2) is 8.47. The van der Waals surface area contributed by atoms with Crippen LogP contribution in [-0.2, 0) is 0 Å². The standard InChI is InChI=1S/C18H29NOS/c1-13(2)8-10-19(11-9-14(3)4)18(20)17-12-16(21)7-6-15(17)5/h6-7,12-14,21H,8-11H2,1-5H3. The van der Waals surface area contributed by atoms with Gasteiger partial charge in [-0.3, -0.25) is 4.79 Å². The van der Waals surface area contributed by atoms with Crippen molar-refractivity contribution < 1.29 is 4.79 Å². The van der Waals surface area contributed by atoms with Gasteiger partial charge in [0.25, 0.3) is 5.91 Å². The van der Waals surface area contributed by atoms with E-state index in [9.17, 15) is 4.79 Å². The predicted molar refractivity (Wildman–Crippen MR) is 93.2 cm³/mol. The van der Waals surface area contributed by atoms with Crippen molar-refractivity contribution in [1.82, 2.24) is 4.90 Å². The van der Waals surface area contributed by atoms with Crippen LogP contribution in [0.5, 0.6) is 0 Å². The Bertz CT molecular complexity index is 456. The topological polar surface area (TPSA) is 20.3 Å². The Balaban J connectivity index is 2.89. The van der Waals surface area contributed by atoms with Crippen LogP contribution in [0, 0.1) is 18.8 Å². The number of carbonyl (C=O) groups is 1. The van der Waals surface area contributed by atoms with E-state index in [1.807, 2.05) is 30.0 Å². The van der Waals surface area contributed by atoms with Crippen LogP contribution in [-0.4, -0.2) is 23.9 Å². The van der Waals surface area contributed by atoms with Crippen LogP contribution in [0.15, 0.2) is 23.1 Å². The van der Waals surface area contributed by atoms with Crippen LogP contribution in [0.1, 0.15) is 56.5 Å². The Morgan fingerprint density at radius 1 is 1.10 bits per heavy atom. The third kappa shape index (κ3) is 6.13. The number of aryl methyl sites for hydroxylation is 1. The van der Waals surface area contributed by atoms with Gasteiger partial charge in [0.05, 0.1) is 0 Å². The molecule has 0 N–H and O–H groups in total. The number of carbonyl (C=O) groups excluding carboxylic acids is 1. The minimum absolute atomic E-state index is 0.143. The molecule has 1 amide bonds. The highest BCUT2D eigenvalue weighted by atomic mass is 32.1. The molecular formula is C18H29NOS. The van der Waals surface area contributed by atoms with E-state index in [2.05, 4.69) is 40.3 Å². The molecule has 118 valence electrons. The molecule has 0 aliphatic rings. The van der Waals surface area contributed by atoms with Crippen LogP contribution >= 0.6 is 12.6 Å². The molecular weight excluding hydrogens is 278 g/mol. The van der Waals surface area contributed by atoms with Crippen LogP contribution in [0.25, 0.3) is 0 Å². The normalized spacial score (nSPS) is 11.2. The first-order valence-corrected chi connectivity index (χ1v) is 8.34. The van der Waals surface area contributed by atoms with E-state index in [4.69, 9.17) is 0 Å². The van der Waals surface area contributed by atoms with Crippen molar-refractivity contribution in [3.05, 3.63) is 29.3 Å². The molecule has 3 heteroatoms. The molecule has 0 saturated carbocycles. The maximum absolute atomic E-state index is 12.8. The number of hydrogen-bond donors (Lipinski definition) is 1. The highest BCUT2D eigenvalue weighted by Gasteiger charge is 2.18. The number of rotatable bonds is 7. The number of nitrogens with zero attached hydrogens (tertiary/aromatic N) is 1. The maximum atomic E-state index is 12.8. The summed E-state index contributed by atoms with van der Waals surface area (Å²) in [7, 11) is 0. The summed E-state index contributed by atoms with van der Waals surface area (Å²) in [6.07, 6.45) is 2.09. The van der Waals surface area contributed by atoms with Gasteiger partial charge in [-0.1, -0.05) is 33.8 Å². The lowest BCUT2D eigenvalue weighted by atomic mass is 10.0. The Morgan fingerprint density at radius 3 is 2.10 bits per heavy atom. The molecule has 0 atom stereocenters. The molecule has 0 unspecified atom stereocenters. The van der Waals surface area contributed by atoms with Crippen LogP contribution in [0.4, 0.5) is 0 Å². The minimum Gasteiger partial charge on any atom is -0.339 e. The average Bonchev–Trinajstić information content (AvgIpc) is 2.40. The highest BCUT2D eigenvalue weighted by molar-refractivity contribution is 7.80. The van der Waals surface area contributed by atoms with E-state index in [-0.39, 0.29) is 5.91 Å². The lowest BCUT2D eigenvalue weighted by molar-refractivity contribution is 0.0740. The Labute approximate surface area is 135 Å². The quantitative estimate of drug-likeness (QED) is 0.716. The largest absolute Gasteiger partial charge is 0.339 e. The summed E-state index contributed by atoms with van der Waals surface area (Å²) in [6, 6.07) is 5.79. The van der Waals surface area contributed by atoms with Gasteiger partial charge in [-0.15, -0.1) is 12.6 Å². The van der Waals surface area contributed by atoms with Gasteiger partial charge >= 0.3 is 0 Å². The first-order valence-electron chi connectivity index (χ1n) is 7.90. The molecule has 1 aromatic rings. The summed E-state index contributed by atoms with van der Waals surface area (Å²) in [5.74, 6) is 1.36. The van der Waals surface area contributed by atoms with Gasteiger partial charge in [0.2, 0.25) is 0 Å². The SMILES string of the molecule is Cc1ccc(S)cc1C(=O)N(CCC(C)C)CCC(C)C.